The van der Waals surface area contributed by atoms with Gasteiger partial charge in [-0.25, -0.2) is 8.78 Å². The van der Waals surface area contributed by atoms with Gasteiger partial charge in [0.05, 0.1) is 17.0 Å². The van der Waals surface area contributed by atoms with Crippen LogP contribution in [0.3, 0.4) is 0 Å². The van der Waals surface area contributed by atoms with E-state index in [2.05, 4.69) is 0 Å². The van der Waals surface area contributed by atoms with Crippen LogP contribution < -0.4 is 11.2 Å². The molecular formula is C17H13F2NO2. The lowest BCUT2D eigenvalue weighted by Gasteiger charge is -2.13. The Morgan fingerprint density at radius 3 is 2.50 bits per heavy atom. The Kier molecular flexibility index (Phi) is 3.50. The Bertz CT molecular complexity index is 916. The van der Waals surface area contributed by atoms with Gasteiger partial charge in [-0.2, -0.15) is 0 Å². The van der Waals surface area contributed by atoms with Gasteiger partial charge in [-0.3, -0.25) is 4.79 Å². The van der Waals surface area contributed by atoms with Crippen LogP contribution in [0.15, 0.2) is 51.7 Å². The molecule has 3 rings (SSSR count). The van der Waals surface area contributed by atoms with Gasteiger partial charge in [-0.15, -0.1) is 0 Å². The van der Waals surface area contributed by atoms with Gasteiger partial charge in [0, 0.05) is 0 Å². The Hall–Kier alpha value is -2.53. The van der Waals surface area contributed by atoms with E-state index in [4.69, 9.17) is 10.2 Å². The summed E-state index contributed by atoms with van der Waals surface area (Å²) in [5.41, 5.74) is 6.21. The fourth-order valence-corrected chi connectivity index (χ4v) is 2.42. The van der Waals surface area contributed by atoms with E-state index in [-0.39, 0.29) is 22.3 Å². The van der Waals surface area contributed by atoms with Crippen LogP contribution in [-0.4, -0.2) is 0 Å². The second-order valence-corrected chi connectivity index (χ2v) is 5.11. The van der Waals surface area contributed by atoms with E-state index < -0.39 is 23.1 Å². The van der Waals surface area contributed by atoms with E-state index in [1.807, 2.05) is 0 Å². The minimum Gasteiger partial charge on any atom is -0.458 e. The van der Waals surface area contributed by atoms with Gasteiger partial charge in [-0.1, -0.05) is 12.1 Å². The molecule has 112 valence electrons. The zero-order valence-corrected chi connectivity index (χ0v) is 11.8. The number of benzene rings is 2. The lowest BCUT2D eigenvalue weighted by molar-refractivity contribution is 0.502. The maximum atomic E-state index is 13.5. The lowest BCUT2D eigenvalue weighted by atomic mass is 9.99. The average molecular weight is 301 g/mol. The molecule has 0 unspecified atom stereocenters. The predicted octanol–water partition coefficient (Wildman–Crippen LogP) is 3.76. The Morgan fingerprint density at radius 1 is 1.09 bits per heavy atom. The summed E-state index contributed by atoms with van der Waals surface area (Å²) in [6.45, 7) is 1.66. The second kappa shape index (κ2) is 5.35. The zero-order valence-electron chi connectivity index (χ0n) is 11.8. The molecule has 0 radical (unpaired) electrons. The molecule has 0 amide bonds. The first kappa shape index (κ1) is 14.4. The summed E-state index contributed by atoms with van der Waals surface area (Å²) in [5.74, 6) is -0.778. The van der Waals surface area contributed by atoms with Gasteiger partial charge in [0.2, 0.25) is 5.43 Å². The number of nitrogens with two attached hydrogens (primary N) is 1. The standard InChI is InChI=1S/C17H13F2NO2/c1-9(20)17-15(10-3-2-4-11(18)7-10)16(21)13-8-12(19)5-6-14(13)22-17/h2-9H,20H2,1H3/t9-/m1/s1. The molecule has 3 nitrogen and oxygen atoms in total. The van der Waals surface area contributed by atoms with Crippen molar-refractivity contribution < 1.29 is 13.2 Å². The third-order valence-electron chi connectivity index (χ3n) is 3.41. The topological polar surface area (TPSA) is 56.2 Å². The Balaban J connectivity index is 2.43. The molecule has 1 aromatic heterocycles. The molecule has 0 aliphatic carbocycles. The van der Waals surface area contributed by atoms with Crippen LogP contribution in [0.2, 0.25) is 0 Å². The van der Waals surface area contributed by atoms with Crippen LogP contribution in [-0.2, 0) is 0 Å². The number of fused-ring (bicyclic) bond motifs is 1. The zero-order chi connectivity index (χ0) is 15.9. The minimum atomic E-state index is -0.569. The van der Waals surface area contributed by atoms with Crippen molar-refractivity contribution in [2.24, 2.45) is 5.73 Å². The van der Waals surface area contributed by atoms with Crippen LogP contribution in [0.25, 0.3) is 22.1 Å². The SMILES string of the molecule is C[C@@H](N)c1oc2ccc(F)cc2c(=O)c1-c1cccc(F)c1. The molecule has 5 heteroatoms. The van der Waals surface area contributed by atoms with Crippen molar-refractivity contribution in [2.75, 3.05) is 0 Å². The maximum Gasteiger partial charge on any atom is 0.200 e. The third-order valence-corrected chi connectivity index (χ3v) is 3.41. The maximum absolute atomic E-state index is 13.5. The van der Waals surface area contributed by atoms with Crippen molar-refractivity contribution in [1.29, 1.82) is 0 Å². The Morgan fingerprint density at radius 2 is 1.82 bits per heavy atom. The monoisotopic (exact) mass is 301 g/mol. The van der Waals surface area contributed by atoms with E-state index in [1.54, 1.807) is 13.0 Å². The summed E-state index contributed by atoms with van der Waals surface area (Å²) in [6, 6.07) is 8.71. The smallest absolute Gasteiger partial charge is 0.200 e. The van der Waals surface area contributed by atoms with E-state index >= 15 is 0 Å². The van der Waals surface area contributed by atoms with Crippen molar-refractivity contribution in [3.8, 4) is 11.1 Å². The average Bonchev–Trinajstić information content (AvgIpc) is 2.47. The van der Waals surface area contributed by atoms with Crippen molar-refractivity contribution >= 4 is 11.0 Å². The van der Waals surface area contributed by atoms with Crippen LogP contribution in [0.4, 0.5) is 8.78 Å². The normalized spacial score (nSPS) is 12.5. The molecule has 22 heavy (non-hydrogen) atoms. The summed E-state index contributed by atoms with van der Waals surface area (Å²) in [7, 11) is 0. The fourth-order valence-electron chi connectivity index (χ4n) is 2.42. The highest BCUT2D eigenvalue weighted by atomic mass is 19.1. The lowest BCUT2D eigenvalue weighted by Crippen LogP contribution is -2.15. The number of rotatable bonds is 2. The van der Waals surface area contributed by atoms with E-state index in [0.717, 1.165) is 6.07 Å². The molecule has 3 aromatic rings. The van der Waals surface area contributed by atoms with E-state index in [1.165, 1.54) is 30.3 Å². The molecule has 0 bridgehead atoms. The molecule has 0 saturated carbocycles. The van der Waals surface area contributed by atoms with Crippen LogP contribution >= 0.6 is 0 Å². The van der Waals surface area contributed by atoms with Crippen molar-refractivity contribution in [3.63, 3.8) is 0 Å². The number of hydrogen-bond donors (Lipinski definition) is 1. The third kappa shape index (κ3) is 2.40. The second-order valence-electron chi connectivity index (χ2n) is 5.11. The minimum absolute atomic E-state index is 0.101. The quantitative estimate of drug-likeness (QED) is 0.784. The first-order chi connectivity index (χ1) is 10.5. The van der Waals surface area contributed by atoms with E-state index in [0.29, 0.717) is 5.56 Å². The van der Waals surface area contributed by atoms with Crippen molar-refractivity contribution in [2.45, 2.75) is 13.0 Å². The summed E-state index contributed by atoms with van der Waals surface area (Å²) in [6.07, 6.45) is 0. The van der Waals surface area contributed by atoms with Crippen molar-refractivity contribution in [1.82, 2.24) is 0 Å². The first-order valence-corrected chi connectivity index (χ1v) is 6.75. The van der Waals surface area contributed by atoms with Gasteiger partial charge < -0.3 is 10.2 Å². The van der Waals surface area contributed by atoms with Gasteiger partial charge in [0.15, 0.2) is 0 Å². The fraction of sp³-hybridized carbons (Fsp3) is 0.118. The molecule has 0 aliphatic heterocycles. The first-order valence-electron chi connectivity index (χ1n) is 6.75. The number of halogens is 2. The molecule has 0 spiro atoms. The summed E-state index contributed by atoms with van der Waals surface area (Å²) in [4.78, 5) is 12.7. The highest BCUT2D eigenvalue weighted by Gasteiger charge is 2.19. The summed E-state index contributed by atoms with van der Waals surface area (Å²) >= 11 is 0. The summed E-state index contributed by atoms with van der Waals surface area (Å²) < 4.78 is 32.6. The highest BCUT2D eigenvalue weighted by molar-refractivity contribution is 5.83. The van der Waals surface area contributed by atoms with E-state index in [9.17, 15) is 13.6 Å². The molecule has 0 aliphatic rings. The molecule has 2 aromatic carbocycles. The summed E-state index contributed by atoms with van der Waals surface area (Å²) in [5, 5.41) is 0.101. The molecule has 1 heterocycles. The molecule has 2 N–H and O–H groups in total. The largest absolute Gasteiger partial charge is 0.458 e. The predicted molar refractivity (Wildman–Crippen MR) is 80.4 cm³/mol. The number of hydrogen-bond acceptors (Lipinski definition) is 3. The van der Waals surface area contributed by atoms with Gasteiger partial charge in [0.25, 0.3) is 0 Å². The van der Waals surface area contributed by atoms with Crippen LogP contribution in [0, 0.1) is 11.6 Å². The van der Waals surface area contributed by atoms with Gasteiger partial charge in [0.1, 0.15) is 23.0 Å². The van der Waals surface area contributed by atoms with Gasteiger partial charge >= 0.3 is 0 Å². The Labute approximate surface area is 125 Å². The van der Waals surface area contributed by atoms with Crippen molar-refractivity contribution in [3.05, 3.63) is 70.1 Å². The molecule has 1 atom stereocenters. The molecule has 0 fully saturated rings. The van der Waals surface area contributed by atoms with Crippen LogP contribution in [0.5, 0.6) is 0 Å². The molecular weight excluding hydrogens is 288 g/mol. The van der Waals surface area contributed by atoms with Gasteiger partial charge in [-0.05, 0) is 42.8 Å². The van der Waals surface area contributed by atoms with Crippen LogP contribution in [0.1, 0.15) is 18.7 Å². The molecule has 0 saturated heterocycles. The highest BCUT2D eigenvalue weighted by Crippen LogP contribution is 2.28.